The van der Waals surface area contributed by atoms with Gasteiger partial charge in [0, 0.05) is 0 Å². The molecule has 0 N–H and O–H groups in total. The van der Waals surface area contributed by atoms with Crippen molar-refractivity contribution < 1.29 is 3.79 Å². The first-order valence-corrected chi connectivity index (χ1v) is 3.91. The first kappa shape index (κ1) is 11.6. The SMILES string of the molecule is C=CCc1ccccc1[O][Al].Cl. The summed E-state index contributed by atoms with van der Waals surface area (Å²) in [5.74, 6) is 0.900. The van der Waals surface area contributed by atoms with Gasteiger partial charge in [0.15, 0.2) is 0 Å². The number of para-hydroxylation sites is 1. The van der Waals surface area contributed by atoms with E-state index in [1.54, 1.807) is 0 Å². The average molecular weight is 197 g/mol. The molecule has 3 heteroatoms. The summed E-state index contributed by atoms with van der Waals surface area (Å²) in [4.78, 5) is 0. The van der Waals surface area contributed by atoms with Crippen LogP contribution in [0.4, 0.5) is 0 Å². The molecule has 1 aromatic carbocycles. The Bertz CT molecular complexity index is 250. The molecule has 62 valence electrons. The van der Waals surface area contributed by atoms with Crippen LogP contribution in [-0.4, -0.2) is 16.6 Å². The third-order valence-electron chi connectivity index (χ3n) is 1.46. The summed E-state index contributed by atoms with van der Waals surface area (Å²) in [6.07, 6.45) is 2.72. The zero-order chi connectivity index (χ0) is 8.10. The lowest BCUT2D eigenvalue weighted by atomic mass is 10.1. The van der Waals surface area contributed by atoms with Crippen LogP contribution in [0.25, 0.3) is 0 Å². The van der Waals surface area contributed by atoms with Gasteiger partial charge >= 0.3 is 16.6 Å². The third kappa shape index (κ3) is 2.91. The van der Waals surface area contributed by atoms with Crippen LogP contribution in [0.2, 0.25) is 0 Å². The minimum Gasteiger partial charge on any atom is -0.653 e. The number of halogens is 1. The van der Waals surface area contributed by atoms with E-state index in [4.69, 9.17) is 3.79 Å². The van der Waals surface area contributed by atoms with Crippen molar-refractivity contribution in [3.63, 3.8) is 0 Å². The maximum absolute atomic E-state index is 5.07. The fraction of sp³-hybridized carbons (Fsp3) is 0.111. The van der Waals surface area contributed by atoms with E-state index < -0.39 is 0 Å². The number of allylic oxidation sites excluding steroid dienone is 1. The van der Waals surface area contributed by atoms with Crippen molar-refractivity contribution >= 4 is 29.0 Å². The van der Waals surface area contributed by atoms with Gasteiger partial charge in [-0.25, -0.2) is 0 Å². The van der Waals surface area contributed by atoms with Gasteiger partial charge in [-0.15, -0.1) is 19.0 Å². The molecular weight excluding hydrogens is 187 g/mol. The molecule has 0 saturated carbocycles. The quantitative estimate of drug-likeness (QED) is 0.533. The largest absolute Gasteiger partial charge is 0.653 e. The van der Waals surface area contributed by atoms with Gasteiger partial charge in [0.05, 0.1) is 5.75 Å². The number of hydrogen-bond acceptors (Lipinski definition) is 1. The molecular formula is C9H10AlClO. The second kappa shape index (κ2) is 6.14. The van der Waals surface area contributed by atoms with Crippen molar-refractivity contribution in [1.29, 1.82) is 0 Å². The Kier molecular flexibility index (Phi) is 5.92. The van der Waals surface area contributed by atoms with E-state index in [2.05, 4.69) is 23.2 Å². The highest BCUT2D eigenvalue weighted by Gasteiger charge is 1.95. The molecule has 0 aliphatic heterocycles. The molecule has 0 fully saturated rings. The van der Waals surface area contributed by atoms with E-state index in [1.807, 2.05) is 30.3 Å². The Morgan fingerprint density at radius 2 is 2.08 bits per heavy atom. The summed E-state index contributed by atoms with van der Waals surface area (Å²) in [5.41, 5.74) is 1.16. The highest BCUT2D eigenvalue weighted by Crippen LogP contribution is 2.17. The predicted molar refractivity (Wildman–Crippen MR) is 54.0 cm³/mol. The maximum Gasteiger partial charge on any atom is 0.482 e. The number of benzene rings is 1. The van der Waals surface area contributed by atoms with E-state index in [1.165, 1.54) is 0 Å². The van der Waals surface area contributed by atoms with Gasteiger partial charge in [0.1, 0.15) is 0 Å². The molecule has 1 nitrogen and oxygen atoms in total. The normalized spacial score (nSPS) is 8.33. The van der Waals surface area contributed by atoms with Gasteiger partial charge in [-0.2, -0.15) is 0 Å². The molecule has 0 aliphatic carbocycles. The van der Waals surface area contributed by atoms with Crippen molar-refractivity contribution in [3.05, 3.63) is 42.5 Å². The van der Waals surface area contributed by atoms with Crippen LogP contribution in [0.3, 0.4) is 0 Å². The zero-order valence-corrected chi connectivity index (χ0v) is 8.67. The molecule has 1 aromatic rings. The van der Waals surface area contributed by atoms with Crippen LogP contribution in [0.15, 0.2) is 36.9 Å². The molecule has 1 rings (SSSR count). The molecule has 0 bridgehead atoms. The molecule has 0 heterocycles. The average Bonchev–Trinajstić information content (AvgIpc) is 2.06. The summed E-state index contributed by atoms with van der Waals surface area (Å²) in [6, 6.07) is 7.91. The van der Waals surface area contributed by atoms with Gasteiger partial charge in [0.25, 0.3) is 0 Å². The molecule has 0 amide bonds. The van der Waals surface area contributed by atoms with Crippen molar-refractivity contribution in [3.8, 4) is 5.75 Å². The Hall–Kier alpha value is -0.418. The Morgan fingerprint density at radius 3 is 2.67 bits per heavy atom. The molecule has 0 aromatic heterocycles. The molecule has 0 aliphatic rings. The lowest BCUT2D eigenvalue weighted by Gasteiger charge is -2.07. The summed E-state index contributed by atoms with van der Waals surface area (Å²) in [7, 11) is 0. The van der Waals surface area contributed by atoms with E-state index in [0.717, 1.165) is 17.7 Å². The van der Waals surface area contributed by atoms with Crippen LogP contribution < -0.4 is 3.79 Å². The molecule has 0 saturated heterocycles. The fourth-order valence-electron chi connectivity index (χ4n) is 0.943. The Labute approximate surface area is 87.6 Å². The van der Waals surface area contributed by atoms with Gasteiger partial charge in [-0.1, -0.05) is 24.3 Å². The highest BCUT2D eigenvalue weighted by molar-refractivity contribution is 6.00. The lowest BCUT2D eigenvalue weighted by molar-refractivity contribution is 0.608. The Balaban J connectivity index is 0.00000121. The molecule has 0 atom stereocenters. The molecule has 0 unspecified atom stereocenters. The first-order chi connectivity index (χ1) is 5.38. The predicted octanol–water partition coefficient (Wildman–Crippen LogP) is 2.30. The van der Waals surface area contributed by atoms with Crippen LogP contribution in [0, 0.1) is 0 Å². The van der Waals surface area contributed by atoms with Crippen LogP contribution >= 0.6 is 12.4 Å². The highest BCUT2D eigenvalue weighted by atomic mass is 35.5. The van der Waals surface area contributed by atoms with Crippen molar-refractivity contribution in [1.82, 2.24) is 0 Å². The number of hydrogen-bond donors (Lipinski definition) is 0. The Morgan fingerprint density at radius 1 is 1.42 bits per heavy atom. The maximum atomic E-state index is 5.07. The standard InChI is InChI=1S/C9H10O.Al.ClH/c1-2-5-8-6-3-4-7-9(8)10;;/h2-4,6-7,10H,1,5H2;;1H/q;+1;/p-1. The van der Waals surface area contributed by atoms with Crippen molar-refractivity contribution in [2.24, 2.45) is 0 Å². The van der Waals surface area contributed by atoms with E-state index >= 15 is 0 Å². The van der Waals surface area contributed by atoms with E-state index in [-0.39, 0.29) is 12.4 Å². The summed E-state index contributed by atoms with van der Waals surface area (Å²) in [5, 5.41) is 0. The monoisotopic (exact) mass is 196 g/mol. The second-order valence-corrected chi connectivity index (χ2v) is 2.45. The van der Waals surface area contributed by atoms with Crippen LogP contribution in [0.1, 0.15) is 5.56 Å². The first-order valence-electron chi connectivity index (χ1n) is 3.44. The zero-order valence-electron chi connectivity index (χ0n) is 6.69. The molecule has 12 heavy (non-hydrogen) atoms. The minimum atomic E-state index is 0. The van der Waals surface area contributed by atoms with Gasteiger partial charge in [-0.3, -0.25) is 0 Å². The van der Waals surface area contributed by atoms with Gasteiger partial charge in [0.2, 0.25) is 0 Å². The summed E-state index contributed by atoms with van der Waals surface area (Å²) >= 11 is 2.24. The fourth-order valence-corrected chi connectivity index (χ4v) is 1.17. The van der Waals surface area contributed by atoms with E-state index in [0.29, 0.717) is 0 Å². The van der Waals surface area contributed by atoms with Crippen LogP contribution in [-0.2, 0) is 6.42 Å². The molecule has 2 radical (unpaired) electrons. The van der Waals surface area contributed by atoms with Gasteiger partial charge in [-0.05, 0) is 18.1 Å². The van der Waals surface area contributed by atoms with Crippen molar-refractivity contribution in [2.45, 2.75) is 6.42 Å². The lowest BCUT2D eigenvalue weighted by Crippen LogP contribution is -1.90. The summed E-state index contributed by atoms with van der Waals surface area (Å²) in [6.45, 7) is 3.67. The third-order valence-corrected chi connectivity index (χ3v) is 1.72. The topological polar surface area (TPSA) is 9.23 Å². The number of rotatable bonds is 3. The summed E-state index contributed by atoms with van der Waals surface area (Å²) < 4.78 is 5.07. The van der Waals surface area contributed by atoms with Gasteiger partial charge < -0.3 is 3.79 Å². The van der Waals surface area contributed by atoms with Crippen molar-refractivity contribution in [2.75, 3.05) is 0 Å². The molecule has 0 spiro atoms. The van der Waals surface area contributed by atoms with Crippen LogP contribution in [0.5, 0.6) is 5.75 Å². The minimum absolute atomic E-state index is 0. The van der Waals surface area contributed by atoms with E-state index in [9.17, 15) is 0 Å². The smallest absolute Gasteiger partial charge is 0.482 e. The second-order valence-electron chi connectivity index (χ2n) is 2.22.